The molecule has 1 atom stereocenters. The molecule has 3 heteroatoms. The van der Waals surface area contributed by atoms with E-state index in [-0.39, 0.29) is 0 Å². The van der Waals surface area contributed by atoms with E-state index >= 15 is 0 Å². The molecule has 0 aromatic carbocycles. The van der Waals surface area contributed by atoms with Crippen LogP contribution in [0.25, 0.3) is 0 Å². The molecule has 1 aromatic heterocycles. The molecule has 0 N–H and O–H groups in total. The van der Waals surface area contributed by atoms with Crippen LogP contribution in [0.3, 0.4) is 0 Å². The number of rotatable bonds is 3. The number of aromatic nitrogens is 2. The van der Waals surface area contributed by atoms with Crippen LogP contribution in [0.4, 0.5) is 0 Å². The van der Waals surface area contributed by atoms with Gasteiger partial charge in [0.1, 0.15) is 5.82 Å². The first-order valence-electron chi connectivity index (χ1n) is 6.51. The molecule has 1 unspecified atom stereocenters. The average Bonchev–Trinajstić information content (AvgIpc) is 2.29. The zero-order valence-corrected chi connectivity index (χ0v) is 11.5. The zero-order valence-electron chi connectivity index (χ0n) is 11.5. The molecule has 2 rings (SSSR count). The normalized spacial score (nSPS) is 23.8. The van der Waals surface area contributed by atoms with Gasteiger partial charge in [-0.25, -0.2) is 9.97 Å². The lowest BCUT2D eigenvalue weighted by atomic mass is 9.73. The van der Waals surface area contributed by atoms with Crippen LogP contribution < -0.4 is 0 Å². The highest BCUT2D eigenvalue weighted by Crippen LogP contribution is 2.36. The first-order valence-corrected chi connectivity index (χ1v) is 6.51. The van der Waals surface area contributed by atoms with Gasteiger partial charge >= 0.3 is 0 Å². The molecule has 3 nitrogen and oxygen atoms in total. The number of hydrogen-bond donors (Lipinski definition) is 0. The van der Waals surface area contributed by atoms with Crippen LogP contribution in [-0.4, -0.2) is 29.0 Å². The number of fused-ring (bicyclic) bond motifs is 1. The fourth-order valence-corrected chi connectivity index (χ4v) is 2.48. The Morgan fingerprint density at radius 3 is 2.82 bits per heavy atom. The molecule has 94 valence electrons. The summed E-state index contributed by atoms with van der Waals surface area (Å²) in [6.45, 7) is 5.49. The Morgan fingerprint density at radius 1 is 1.41 bits per heavy atom. The van der Waals surface area contributed by atoms with E-state index in [1.807, 2.05) is 6.20 Å². The topological polar surface area (TPSA) is 29.0 Å². The van der Waals surface area contributed by atoms with Crippen LogP contribution in [0.15, 0.2) is 6.20 Å². The van der Waals surface area contributed by atoms with Crippen molar-refractivity contribution in [3.63, 3.8) is 0 Å². The molecule has 0 bridgehead atoms. The molecule has 0 saturated carbocycles. The van der Waals surface area contributed by atoms with Crippen LogP contribution in [0.2, 0.25) is 0 Å². The maximum absolute atomic E-state index is 4.70. The van der Waals surface area contributed by atoms with Gasteiger partial charge in [0.15, 0.2) is 0 Å². The molecule has 0 aliphatic heterocycles. The van der Waals surface area contributed by atoms with E-state index in [0.717, 1.165) is 25.2 Å². The van der Waals surface area contributed by atoms with Crippen molar-refractivity contribution in [3.8, 4) is 0 Å². The van der Waals surface area contributed by atoms with Gasteiger partial charge in [0.2, 0.25) is 0 Å². The van der Waals surface area contributed by atoms with Crippen LogP contribution in [0, 0.1) is 5.41 Å². The molecule has 1 heterocycles. The number of hydrogen-bond acceptors (Lipinski definition) is 3. The molecular weight excluding hydrogens is 210 g/mol. The lowest BCUT2D eigenvalue weighted by Crippen LogP contribution is -2.26. The van der Waals surface area contributed by atoms with Crippen molar-refractivity contribution < 1.29 is 0 Å². The minimum absolute atomic E-state index is 0.458. The number of nitrogens with zero attached hydrogens (tertiary/aromatic N) is 3. The molecule has 0 saturated heterocycles. The molecule has 1 aliphatic rings. The van der Waals surface area contributed by atoms with Crippen molar-refractivity contribution in [1.82, 2.24) is 14.9 Å². The third-order valence-electron chi connectivity index (χ3n) is 3.90. The van der Waals surface area contributed by atoms with Crippen molar-refractivity contribution in [3.05, 3.63) is 23.3 Å². The van der Waals surface area contributed by atoms with Gasteiger partial charge in [-0.15, -0.1) is 0 Å². The first kappa shape index (κ1) is 12.5. The third kappa shape index (κ3) is 2.83. The van der Waals surface area contributed by atoms with Gasteiger partial charge in [0.25, 0.3) is 0 Å². The molecule has 0 fully saturated rings. The second-order valence-corrected chi connectivity index (χ2v) is 5.84. The molecule has 1 aromatic rings. The maximum atomic E-state index is 4.70. The van der Waals surface area contributed by atoms with Crippen molar-refractivity contribution >= 4 is 0 Å². The van der Waals surface area contributed by atoms with Crippen LogP contribution >= 0.6 is 0 Å². The second-order valence-electron chi connectivity index (χ2n) is 5.84. The second kappa shape index (κ2) is 4.73. The highest BCUT2D eigenvalue weighted by Gasteiger charge is 2.29. The fourth-order valence-electron chi connectivity index (χ4n) is 2.48. The molecule has 0 radical (unpaired) electrons. The summed E-state index contributed by atoms with van der Waals surface area (Å²) in [5.41, 5.74) is 3.10. The largest absolute Gasteiger partial charge is 0.302 e. The predicted octanol–water partition coefficient (Wildman–Crippen LogP) is 2.44. The first-order chi connectivity index (χ1) is 8.02. The quantitative estimate of drug-likeness (QED) is 0.803. The van der Waals surface area contributed by atoms with E-state index in [1.165, 1.54) is 24.1 Å². The molecule has 0 spiro atoms. The average molecular weight is 233 g/mol. The van der Waals surface area contributed by atoms with E-state index < -0.39 is 0 Å². The van der Waals surface area contributed by atoms with Gasteiger partial charge in [-0.2, -0.15) is 0 Å². The highest BCUT2D eigenvalue weighted by molar-refractivity contribution is 5.23. The monoisotopic (exact) mass is 233 g/mol. The molecular formula is C14H23N3. The Kier molecular flexibility index (Phi) is 3.48. The molecule has 1 aliphatic carbocycles. The Balaban J connectivity index is 2.19. The van der Waals surface area contributed by atoms with Crippen LogP contribution in [0.1, 0.15) is 43.8 Å². The summed E-state index contributed by atoms with van der Waals surface area (Å²) >= 11 is 0. The highest BCUT2D eigenvalue weighted by atomic mass is 15.1. The molecule has 17 heavy (non-hydrogen) atoms. The van der Waals surface area contributed by atoms with Gasteiger partial charge in [-0.05, 0) is 44.3 Å². The van der Waals surface area contributed by atoms with Crippen molar-refractivity contribution in [1.29, 1.82) is 0 Å². The van der Waals surface area contributed by atoms with E-state index in [4.69, 9.17) is 4.98 Å². The van der Waals surface area contributed by atoms with E-state index in [0.29, 0.717) is 5.41 Å². The Morgan fingerprint density at radius 2 is 2.18 bits per heavy atom. The lowest BCUT2D eigenvalue weighted by Gasteiger charge is -2.33. The lowest BCUT2D eigenvalue weighted by molar-refractivity contribution is 0.264. The summed E-state index contributed by atoms with van der Waals surface area (Å²) in [7, 11) is 4.11. The van der Waals surface area contributed by atoms with E-state index in [2.05, 4.69) is 37.8 Å². The smallest absolute Gasteiger partial charge is 0.142 e. The summed E-state index contributed by atoms with van der Waals surface area (Å²) in [5, 5.41) is 0. The van der Waals surface area contributed by atoms with Gasteiger partial charge in [0, 0.05) is 11.9 Å². The Hall–Kier alpha value is -0.960. The summed E-state index contributed by atoms with van der Waals surface area (Å²) in [4.78, 5) is 11.3. The number of aryl methyl sites for hydroxylation is 1. The van der Waals surface area contributed by atoms with Gasteiger partial charge in [-0.3, -0.25) is 0 Å². The van der Waals surface area contributed by atoms with Gasteiger partial charge < -0.3 is 4.90 Å². The maximum Gasteiger partial charge on any atom is 0.142 e. The summed E-state index contributed by atoms with van der Waals surface area (Å²) in [6, 6.07) is 0. The summed E-state index contributed by atoms with van der Waals surface area (Å²) < 4.78 is 0. The molecule has 0 amide bonds. The van der Waals surface area contributed by atoms with Crippen LogP contribution in [-0.2, 0) is 19.4 Å². The Bertz CT molecular complexity index is 400. The van der Waals surface area contributed by atoms with Gasteiger partial charge in [0.05, 0.1) is 6.54 Å². The van der Waals surface area contributed by atoms with E-state index in [1.54, 1.807) is 0 Å². The van der Waals surface area contributed by atoms with E-state index in [9.17, 15) is 0 Å². The van der Waals surface area contributed by atoms with Crippen molar-refractivity contribution in [2.45, 2.75) is 46.1 Å². The Labute approximate surface area is 104 Å². The van der Waals surface area contributed by atoms with Crippen molar-refractivity contribution in [2.75, 3.05) is 14.1 Å². The third-order valence-corrected chi connectivity index (χ3v) is 3.90. The predicted molar refractivity (Wildman–Crippen MR) is 69.8 cm³/mol. The fraction of sp³-hybridized carbons (Fsp3) is 0.714. The summed E-state index contributed by atoms with van der Waals surface area (Å²) in [6.07, 6.45) is 6.80. The van der Waals surface area contributed by atoms with Crippen molar-refractivity contribution in [2.24, 2.45) is 5.41 Å². The minimum atomic E-state index is 0.458. The summed E-state index contributed by atoms with van der Waals surface area (Å²) in [5.74, 6) is 0.953. The van der Waals surface area contributed by atoms with Crippen LogP contribution in [0.5, 0.6) is 0 Å². The standard InChI is InChI=1S/C14H23N3/c1-5-14(2)7-6-12-11(8-14)9-15-13(16-12)10-17(3)4/h9H,5-8,10H2,1-4H3. The SMILES string of the molecule is CCC1(C)CCc2nc(CN(C)C)ncc2C1. The zero-order chi connectivity index (χ0) is 12.5. The minimum Gasteiger partial charge on any atom is -0.302 e. The van der Waals surface area contributed by atoms with Gasteiger partial charge in [-0.1, -0.05) is 20.3 Å².